The van der Waals surface area contributed by atoms with Crippen LogP contribution in [-0.4, -0.2) is 62.7 Å². The standard InChI is InChI=1S/C31H37F3IN8O4P/c1-6-11-48(35,46)16-19-7-8-23(25(12-19)47-5)41-29-37-14-21(31(32,33)34)27(42-29)40-24-10-9-22(39-26(24)28(45)36-4)20-13-38-43(15-20)17-30(2,3)18-44/h7-10,12-15,44H,6,11,16-18H2,1-5H3,(H,36,45)(H2,37,40,41,42). The lowest BCUT2D eigenvalue weighted by molar-refractivity contribution is -0.137. The Morgan fingerprint density at radius 3 is 2.48 bits per heavy atom. The molecule has 0 aliphatic carbocycles. The molecule has 0 bridgehead atoms. The number of alkyl halides is 3. The van der Waals surface area contributed by atoms with Crippen LogP contribution in [-0.2, 0) is 23.4 Å². The van der Waals surface area contributed by atoms with Crippen molar-refractivity contribution in [1.29, 1.82) is 0 Å². The van der Waals surface area contributed by atoms with Crippen molar-refractivity contribution < 1.29 is 32.4 Å². The number of hydrogen-bond acceptors (Lipinski definition) is 10. The van der Waals surface area contributed by atoms with Gasteiger partial charge in [0.15, 0.2) is 5.69 Å². The van der Waals surface area contributed by atoms with E-state index in [-0.39, 0.29) is 23.9 Å². The first kappa shape index (κ1) is 37.1. The topological polar surface area (TPSA) is 156 Å². The fraction of sp³-hybridized carbons (Fsp3) is 0.387. The number of anilines is 4. The van der Waals surface area contributed by atoms with Gasteiger partial charge >= 0.3 is 6.18 Å². The average Bonchev–Trinajstić information content (AvgIpc) is 3.48. The summed E-state index contributed by atoms with van der Waals surface area (Å²) in [7, 11) is 2.82. The fourth-order valence-electron chi connectivity index (χ4n) is 4.70. The van der Waals surface area contributed by atoms with E-state index in [9.17, 15) is 27.6 Å². The van der Waals surface area contributed by atoms with Crippen molar-refractivity contribution >= 4 is 55.9 Å². The number of nitrogens with one attached hydrogen (secondary N) is 3. The first-order chi connectivity index (χ1) is 22.6. The summed E-state index contributed by atoms with van der Waals surface area (Å²) in [4.78, 5) is 22.9. The lowest BCUT2D eigenvalue weighted by Gasteiger charge is -2.20. The third-order valence-electron chi connectivity index (χ3n) is 7.12. The van der Waals surface area contributed by atoms with E-state index in [0.29, 0.717) is 47.8 Å². The number of amides is 1. The zero-order valence-corrected chi connectivity index (χ0v) is 30.1. The molecule has 3 heterocycles. The van der Waals surface area contributed by atoms with Gasteiger partial charge in [-0.3, -0.25) is 9.48 Å². The monoisotopic (exact) mass is 800 g/mol. The summed E-state index contributed by atoms with van der Waals surface area (Å²) in [5.74, 6) is -1.07. The molecule has 17 heteroatoms. The fourth-order valence-corrected chi connectivity index (χ4v) is 8.90. The number of aromatic nitrogens is 5. The predicted octanol–water partition coefficient (Wildman–Crippen LogP) is 7.25. The number of nitrogens with zero attached hydrogens (tertiary/aromatic N) is 5. The molecule has 1 aromatic carbocycles. The van der Waals surface area contributed by atoms with Crippen molar-refractivity contribution in [2.24, 2.45) is 5.41 Å². The lowest BCUT2D eigenvalue weighted by atomic mass is 9.95. The van der Waals surface area contributed by atoms with Crippen LogP contribution in [0, 0.1) is 5.41 Å². The first-order valence-corrected chi connectivity index (χ1v) is 19.7. The molecule has 1 atom stereocenters. The Balaban J connectivity index is 1.67. The van der Waals surface area contributed by atoms with Gasteiger partial charge in [0.25, 0.3) is 5.91 Å². The second-order valence-electron chi connectivity index (χ2n) is 11.8. The molecule has 258 valence electrons. The average molecular weight is 801 g/mol. The molecule has 4 N–H and O–H groups in total. The summed E-state index contributed by atoms with van der Waals surface area (Å²) < 4.78 is 62.3. The minimum Gasteiger partial charge on any atom is -0.495 e. The van der Waals surface area contributed by atoms with Gasteiger partial charge in [0.1, 0.15) is 21.9 Å². The number of ether oxygens (including phenoxy) is 1. The highest BCUT2D eigenvalue weighted by atomic mass is 127. The van der Waals surface area contributed by atoms with E-state index in [1.807, 2.05) is 42.8 Å². The van der Waals surface area contributed by atoms with Gasteiger partial charge < -0.3 is 30.4 Å². The molecule has 1 amide bonds. The molecule has 0 aliphatic heterocycles. The van der Waals surface area contributed by atoms with Gasteiger partial charge in [0.05, 0.1) is 30.4 Å². The number of halogens is 4. The van der Waals surface area contributed by atoms with Crippen molar-refractivity contribution in [3.63, 3.8) is 0 Å². The number of hydrogen-bond donors (Lipinski definition) is 4. The van der Waals surface area contributed by atoms with Crippen molar-refractivity contribution in [2.75, 3.05) is 37.6 Å². The Morgan fingerprint density at radius 2 is 1.83 bits per heavy atom. The number of benzene rings is 1. The molecule has 1 unspecified atom stereocenters. The van der Waals surface area contributed by atoms with E-state index in [0.717, 1.165) is 12.0 Å². The Hall–Kier alpha value is -3.76. The molecular formula is C31H37F3IN8O4P. The van der Waals surface area contributed by atoms with Gasteiger partial charge in [-0.05, 0) is 58.3 Å². The predicted molar refractivity (Wildman–Crippen MR) is 187 cm³/mol. The van der Waals surface area contributed by atoms with E-state index in [2.05, 4.69) is 36.0 Å². The quantitative estimate of drug-likeness (QED) is 0.0757. The zero-order chi connectivity index (χ0) is 35.3. The Kier molecular flexibility index (Phi) is 11.7. The van der Waals surface area contributed by atoms with Crippen LogP contribution in [0.4, 0.5) is 36.3 Å². The van der Waals surface area contributed by atoms with Crippen LogP contribution in [0.25, 0.3) is 11.3 Å². The highest BCUT2D eigenvalue weighted by molar-refractivity contribution is 14.2. The number of carbonyl (C=O) groups is 1. The molecule has 0 radical (unpaired) electrons. The van der Waals surface area contributed by atoms with E-state index in [1.165, 1.54) is 20.2 Å². The van der Waals surface area contributed by atoms with E-state index in [1.54, 1.807) is 41.3 Å². The van der Waals surface area contributed by atoms with Gasteiger partial charge in [-0.15, -0.1) is 0 Å². The number of aliphatic hydroxyl groups is 1. The summed E-state index contributed by atoms with van der Waals surface area (Å²) in [6, 6.07) is 8.11. The molecule has 0 fully saturated rings. The summed E-state index contributed by atoms with van der Waals surface area (Å²) in [6.45, 7) is 6.10. The minimum absolute atomic E-state index is 0.0284. The first-order valence-electron chi connectivity index (χ1n) is 14.9. The largest absolute Gasteiger partial charge is 0.495 e. The zero-order valence-electron chi connectivity index (χ0n) is 27.0. The Labute approximate surface area is 289 Å². The van der Waals surface area contributed by atoms with E-state index in [4.69, 9.17) is 4.74 Å². The smallest absolute Gasteiger partial charge is 0.421 e. The van der Waals surface area contributed by atoms with E-state index < -0.39 is 33.7 Å². The molecule has 4 rings (SSSR count). The van der Waals surface area contributed by atoms with Gasteiger partial charge in [0.2, 0.25) is 5.95 Å². The number of pyridine rings is 1. The Morgan fingerprint density at radius 1 is 1.10 bits per heavy atom. The normalized spacial score (nSPS) is 13.1. The molecule has 0 saturated heterocycles. The van der Waals surface area contributed by atoms with E-state index >= 15 is 0 Å². The lowest BCUT2D eigenvalue weighted by Crippen LogP contribution is -2.23. The molecular weight excluding hydrogens is 763 g/mol. The van der Waals surface area contributed by atoms with Crippen molar-refractivity contribution in [3.8, 4) is 17.0 Å². The molecule has 4 aromatic rings. The summed E-state index contributed by atoms with van der Waals surface area (Å²) >= 11 is 2.01. The maximum absolute atomic E-state index is 14.1. The van der Waals surface area contributed by atoms with Gasteiger partial charge in [-0.1, -0.05) is 26.8 Å². The van der Waals surface area contributed by atoms with Crippen LogP contribution in [0.2, 0.25) is 0 Å². The third-order valence-corrected chi connectivity index (χ3v) is 11.5. The van der Waals surface area contributed by atoms with Crippen molar-refractivity contribution in [1.82, 2.24) is 30.0 Å². The van der Waals surface area contributed by atoms with Crippen LogP contribution in [0.3, 0.4) is 0 Å². The number of rotatable bonds is 14. The third kappa shape index (κ3) is 9.44. The van der Waals surface area contributed by atoms with Crippen molar-refractivity contribution in [2.45, 2.75) is 46.1 Å². The highest BCUT2D eigenvalue weighted by Gasteiger charge is 2.36. The highest BCUT2D eigenvalue weighted by Crippen LogP contribution is 2.58. The maximum Gasteiger partial charge on any atom is 0.421 e. The Bertz CT molecular complexity index is 1820. The second kappa shape index (κ2) is 15.2. The van der Waals surface area contributed by atoms with Gasteiger partial charge in [0, 0.05) is 55.9 Å². The van der Waals surface area contributed by atoms with Crippen LogP contribution in [0.1, 0.15) is 48.8 Å². The summed E-state index contributed by atoms with van der Waals surface area (Å²) in [6.07, 6.45) is 0.819. The molecule has 0 saturated carbocycles. The summed E-state index contributed by atoms with van der Waals surface area (Å²) in [5, 5.41) is 21.9. The number of aliphatic hydroxyl groups excluding tert-OH is 1. The van der Waals surface area contributed by atoms with Gasteiger partial charge in [-0.25, -0.2) is 9.97 Å². The SMILES string of the molecule is CCCP(=O)(I)Cc1ccc(Nc2ncc(C(F)(F)F)c(Nc3ccc(-c4cnn(CC(C)(C)CO)c4)nc3C(=O)NC)n2)c(OC)c1. The number of carbonyl (C=O) groups excluding carboxylic acids is 1. The molecule has 12 nitrogen and oxygen atoms in total. The molecule has 48 heavy (non-hydrogen) atoms. The van der Waals surface area contributed by atoms with Crippen LogP contribution >= 0.6 is 26.8 Å². The van der Waals surface area contributed by atoms with Crippen molar-refractivity contribution in [3.05, 3.63) is 65.7 Å². The minimum atomic E-state index is -4.83. The number of methoxy groups -OCH3 is 1. The summed E-state index contributed by atoms with van der Waals surface area (Å²) in [5.41, 5.74) is 0.302. The van der Waals surface area contributed by atoms with Gasteiger partial charge in [-0.2, -0.15) is 23.3 Å². The maximum atomic E-state index is 14.1. The second-order valence-corrected chi connectivity index (χ2v) is 19.4. The van der Waals surface area contributed by atoms with Crippen LogP contribution in [0.15, 0.2) is 48.9 Å². The van der Waals surface area contributed by atoms with Crippen LogP contribution < -0.4 is 20.7 Å². The molecule has 0 spiro atoms. The van der Waals surface area contributed by atoms with Crippen LogP contribution in [0.5, 0.6) is 5.75 Å². The molecule has 3 aromatic heterocycles. The molecule has 0 aliphatic rings.